The Morgan fingerprint density at radius 3 is 2.07 bits per heavy atom. The van der Waals surface area contributed by atoms with E-state index in [1.807, 2.05) is 0 Å². The standard InChI is InChI=1S/C20H21N3O4S2/c24-19-16-7-3-4-8-17(16)20(25)23(19)14-28-18-10-9-15(13-21-18)29(26,27)22-11-5-1-2-6-12-22/h3-4,7-10,13H,1-2,5-6,11-12,14H2. The lowest BCUT2D eigenvalue weighted by Gasteiger charge is -2.19. The SMILES string of the molecule is O=C1c2ccccc2C(=O)N1CSc1ccc(S(=O)(=O)N2CCCCCC2)cn1. The second kappa shape index (κ2) is 8.25. The number of fused-ring (bicyclic) bond motifs is 1. The predicted octanol–water partition coefficient (Wildman–Crippen LogP) is 2.99. The zero-order chi connectivity index (χ0) is 20.4. The molecule has 3 heterocycles. The van der Waals surface area contributed by atoms with Gasteiger partial charge in [0.2, 0.25) is 10.0 Å². The predicted molar refractivity (Wildman–Crippen MR) is 109 cm³/mol. The lowest BCUT2D eigenvalue weighted by atomic mass is 10.1. The van der Waals surface area contributed by atoms with Crippen molar-refractivity contribution in [2.75, 3.05) is 19.0 Å². The molecule has 0 N–H and O–H groups in total. The van der Waals surface area contributed by atoms with Crippen LogP contribution in [0.15, 0.2) is 52.5 Å². The highest BCUT2D eigenvalue weighted by Crippen LogP contribution is 2.27. The van der Waals surface area contributed by atoms with Gasteiger partial charge in [-0.25, -0.2) is 13.4 Å². The average Bonchev–Trinajstić information content (AvgIpc) is 2.93. The smallest absolute Gasteiger partial charge is 0.262 e. The molecular weight excluding hydrogens is 410 g/mol. The van der Waals surface area contributed by atoms with Crippen molar-refractivity contribution in [1.29, 1.82) is 0 Å². The summed E-state index contributed by atoms with van der Waals surface area (Å²) in [4.78, 5) is 30.4. The fourth-order valence-electron chi connectivity index (χ4n) is 3.52. The number of aromatic nitrogens is 1. The van der Waals surface area contributed by atoms with Gasteiger partial charge < -0.3 is 0 Å². The number of pyridine rings is 1. The number of rotatable bonds is 5. The number of carbonyl (C=O) groups is 2. The fraction of sp³-hybridized carbons (Fsp3) is 0.350. The zero-order valence-electron chi connectivity index (χ0n) is 15.8. The molecule has 1 aromatic heterocycles. The maximum atomic E-state index is 12.8. The summed E-state index contributed by atoms with van der Waals surface area (Å²) in [6.07, 6.45) is 5.21. The van der Waals surface area contributed by atoms with E-state index in [0.717, 1.165) is 25.7 Å². The van der Waals surface area contributed by atoms with Gasteiger partial charge in [-0.15, -0.1) is 0 Å². The van der Waals surface area contributed by atoms with Crippen molar-refractivity contribution in [3.05, 3.63) is 53.7 Å². The molecule has 0 radical (unpaired) electrons. The molecule has 0 unspecified atom stereocenters. The molecule has 9 heteroatoms. The fourth-order valence-corrected chi connectivity index (χ4v) is 5.77. The highest BCUT2D eigenvalue weighted by molar-refractivity contribution is 7.99. The third-order valence-corrected chi connectivity index (χ3v) is 7.94. The number of nitrogens with zero attached hydrogens (tertiary/aromatic N) is 3. The van der Waals surface area contributed by atoms with E-state index in [0.29, 0.717) is 29.2 Å². The number of hydrogen-bond donors (Lipinski definition) is 0. The zero-order valence-corrected chi connectivity index (χ0v) is 17.4. The van der Waals surface area contributed by atoms with Crippen LogP contribution >= 0.6 is 11.8 Å². The van der Waals surface area contributed by atoms with Gasteiger partial charge in [-0.1, -0.05) is 36.7 Å². The van der Waals surface area contributed by atoms with Gasteiger partial charge >= 0.3 is 0 Å². The van der Waals surface area contributed by atoms with Crippen LogP contribution in [0.2, 0.25) is 0 Å². The number of hydrogen-bond acceptors (Lipinski definition) is 6. The van der Waals surface area contributed by atoms with Gasteiger partial charge in [-0.2, -0.15) is 4.31 Å². The highest BCUT2D eigenvalue weighted by atomic mass is 32.2. The van der Waals surface area contributed by atoms with Crippen LogP contribution in [0.4, 0.5) is 0 Å². The molecule has 7 nitrogen and oxygen atoms in total. The van der Waals surface area contributed by atoms with E-state index in [-0.39, 0.29) is 22.6 Å². The molecule has 2 aromatic rings. The van der Waals surface area contributed by atoms with Crippen molar-refractivity contribution < 1.29 is 18.0 Å². The molecule has 2 aliphatic rings. The van der Waals surface area contributed by atoms with Gasteiger partial charge in [-0.05, 0) is 37.1 Å². The number of sulfonamides is 1. The van der Waals surface area contributed by atoms with Crippen LogP contribution in [0.25, 0.3) is 0 Å². The van der Waals surface area contributed by atoms with E-state index in [9.17, 15) is 18.0 Å². The second-order valence-electron chi connectivity index (χ2n) is 7.01. The quantitative estimate of drug-likeness (QED) is 0.534. The van der Waals surface area contributed by atoms with Gasteiger partial charge in [0.05, 0.1) is 22.0 Å². The first-order valence-corrected chi connectivity index (χ1v) is 12.0. The molecule has 29 heavy (non-hydrogen) atoms. The van der Waals surface area contributed by atoms with Crippen LogP contribution in [0, 0.1) is 0 Å². The summed E-state index contributed by atoms with van der Waals surface area (Å²) in [6, 6.07) is 9.89. The summed E-state index contributed by atoms with van der Waals surface area (Å²) < 4.78 is 27.2. The van der Waals surface area contributed by atoms with E-state index in [1.165, 1.54) is 33.2 Å². The normalized spacial score (nSPS) is 18.0. The topological polar surface area (TPSA) is 87.7 Å². The van der Waals surface area contributed by atoms with Crippen LogP contribution < -0.4 is 0 Å². The monoisotopic (exact) mass is 431 g/mol. The maximum Gasteiger partial charge on any atom is 0.262 e. The number of carbonyl (C=O) groups excluding carboxylic acids is 2. The second-order valence-corrected chi connectivity index (χ2v) is 9.91. The first kappa shape index (κ1) is 20.1. The van der Waals surface area contributed by atoms with Gasteiger partial charge in [0.1, 0.15) is 4.90 Å². The van der Waals surface area contributed by atoms with Crippen molar-refractivity contribution in [1.82, 2.24) is 14.2 Å². The van der Waals surface area contributed by atoms with Gasteiger partial charge in [0, 0.05) is 19.3 Å². The van der Waals surface area contributed by atoms with Gasteiger partial charge in [0.25, 0.3) is 11.8 Å². The van der Waals surface area contributed by atoms with E-state index in [4.69, 9.17) is 0 Å². The summed E-state index contributed by atoms with van der Waals surface area (Å²) in [6.45, 7) is 1.08. The maximum absolute atomic E-state index is 12.8. The molecule has 2 aliphatic heterocycles. The van der Waals surface area contributed by atoms with Crippen molar-refractivity contribution in [3.8, 4) is 0 Å². The Hall–Kier alpha value is -2.23. The first-order valence-electron chi connectivity index (χ1n) is 9.53. The third kappa shape index (κ3) is 3.94. The van der Waals surface area contributed by atoms with Crippen LogP contribution in [-0.2, 0) is 10.0 Å². The van der Waals surface area contributed by atoms with Crippen LogP contribution in [0.3, 0.4) is 0 Å². The Labute approximate surface area is 174 Å². The molecule has 0 aliphatic carbocycles. The van der Waals surface area contributed by atoms with E-state index in [2.05, 4.69) is 4.98 Å². The van der Waals surface area contributed by atoms with Gasteiger partial charge in [-0.3, -0.25) is 14.5 Å². The Kier molecular flexibility index (Phi) is 5.71. The summed E-state index contributed by atoms with van der Waals surface area (Å²) in [5, 5.41) is 0.552. The first-order chi connectivity index (χ1) is 14.0. The van der Waals surface area contributed by atoms with E-state index < -0.39 is 10.0 Å². The summed E-state index contributed by atoms with van der Waals surface area (Å²) in [5.74, 6) is -0.519. The summed E-state index contributed by atoms with van der Waals surface area (Å²) >= 11 is 1.22. The molecule has 1 fully saturated rings. The number of imide groups is 1. The number of thioether (sulfide) groups is 1. The Bertz CT molecular complexity index is 995. The molecule has 2 amide bonds. The Morgan fingerprint density at radius 1 is 0.897 bits per heavy atom. The molecule has 0 bridgehead atoms. The average molecular weight is 432 g/mol. The molecule has 0 spiro atoms. The van der Waals surface area contributed by atoms with E-state index in [1.54, 1.807) is 30.3 Å². The molecule has 0 saturated carbocycles. The minimum Gasteiger partial charge on any atom is -0.269 e. The molecular formula is C20H21N3O4S2. The van der Waals surface area contributed by atoms with Crippen molar-refractivity contribution >= 4 is 33.6 Å². The largest absolute Gasteiger partial charge is 0.269 e. The minimum absolute atomic E-state index is 0.123. The number of amides is 2. The van der Waals surface area contributed by atoms with E-state index >= 15 is 0 Å². The molecule has 152 valence electrons. The van der Waals surface area contributed by atoms with Crippen LogP contribution in [-0.4, -0.2) is 53.4 Å². The molecule has 0 atom stereocenters. The van der Waals surface area contributed by atoms with Crippen LogP contribution in [0.5, 0.6) is 0 Å². The highest BCUT2D eigenvalue weighted by Gasteiger charge is 2.35. The summed E-state index contributed by atoms with van der Waals surface area (Å²) in [7, 11) is -3.54. The lowest BCUT2D eigenvalue weighted by Crippen LogP contribution is -2.32. The van der Waals surface area contributed by atoms with Crippen molar-refractivity contribution in [3.63, 3.8) is 0 Å². The minimum atomic E-state index is -3.54. The number of benzene rings is 1. The van der Waals surface area contributed by atoms with Gasteiger partial charge in [0.15, 0.2) is 0 Å². The third-order valence-electron chi connectivity index (χ3n) is 5.13. The summed E-state index contributed by atoms with van der Waals surface area (Å²) in [5.41, 5.74) is 0.815. The molecule has 4 rings (SSSR count). The Morgan fingerprint density at radius 2 is 1.52 bits per heavy atom. The molecule has 1 aromatic carbocycles. The van der Waals surface area contributed by atoms with Crippen LogP contribution in [0.1, 0.15) is 46.4 Å². The lowest BCUT2D eigenvalue weighted by molar-refractivity contribution is 0.0684. The Balaban J connectivity index is 1.43. The van der Waals surface area contributed by atoms with Crippen molar-refractivity contribution in [2.24, 2.45) is 0 Å². The van der Waals surface area contributed by atoms with Crippen molar-refractivity contribution in [2.45, 2.75) is 35.6 Å². The molecule has 1 saturated heterocycles.